The van der Waals surface area contributed by atoms with Crippen molar-refractivity contribution in [2.24, 2.45) is 0 Å². The van der Waals surface area contributed by atoms with Crippen LogP contribution in [0.15, 0.2) is 23.4 Å². The molecule has 0 spiro atoms. The molecule has 4 heteroatoms. The fraction of sp³-hybridized carbons (Fsp3) is 0.444. The van der Waals surface area contributed by atoms with Crippen molar-refractivity contribution in [2.75, 3.05) is 20.5 Å². The molecule has 0 saturated carbocycles. The van der Waals surface area contributed by atoms with Crippen LogP contribution in [-0.4, -0.2) is 25.5 Å². The van der Waals surface area contributed by atoms with E-state index >= 15 is 0 Å². The van der Waals surface area contributed by atoms with Crippen molar-refractivity contribution in [1.29, 1.82) is 0 Å². The predicted molar refractivity (Wildman–Crippen MR) is 52.8 cm³/mol. The minimum absolute atomic E-state index is 0.320. The van der Waals surface area contributed by atoms with Gasteiger partial charge >= 0.3 is 0 Å². The van der Waals surface area contributed by atoms with E-state index in [1.165, 1.54) is 0 Å². The zero-order valence-corrected chi connectivity index (χ0v) is 8.80. The molecule has 0 fully saturated rings. The Hall–Kier alpha value is -0.580. The van der Waals surface area contributed by atoms with E-state index in [9.17, 15) is 0 Å². The summed E-state index contributed by atoms with van der Waals surface area (Å²) < 4.78 is 10.2. The summed E-state index contributed by atoms with van der Waals surface area (Å²) in [4.78, 5) is 5.20. The van der Waals surface area contributed by atoms with Gasteiger partial charge in [0.05, 0.1) is 0 Å². The first-order valence-electron chi connectivity index (χ1n) is 3.86. The maximum absolute atomic E-state index is 5.11. The van der Waals surface area contributed by atoms with Crippen molar-refractivity contribution in [1.82, 2.24) is 4.98 Å². The summed E-state index contributed by atoms with van der Waals surface area (Å²) in [6.45, 7) is 0. The van der Waals surface area contributed by atoms with Crippen LogP contribution in [0.1, 0.15) is 11.9 Å². The Morgan fingerprint density at radius 1 is 1.31 bits per heavy atom. The topological polar surface area (TPSA) is 31.4 Å². The first-order valence-corrected chi connectivity index (χ1v) is 5.08. The summed E-state index contributed by atoms with van der Waals surface area (Å²) in [5, 5.41) is 0. The van der Waals surface area contributed by atoms with Crippen molar-refractivity contribution >= 4 is 11.8 Å². The molecule has 0 atom stereocenters. The summed E-state index contributed by atoms with van der Waals surface area (Å²) in [7, 11) is 3.22. The monoisotopic (exact) mass is 199 g/mol. The van der Waals surface area contributed by atoms with Crippen LogP contribution in [0.25, 0.3) is 0 Å². The lowest BCUT2D eigenvalue weighted by atomic mass is 10.3. The van der Waals surface area contributed by atoms with E-state index in [-0.39, 0.29) is 6.29 Å². The molecule has 13 heavy (non-hydrogen) atoms. The average molecular weight is 199 g/mol. The number of pyridine rings is 1. The van der Waals surface area contributed by atoms with Gasteiger partial charge in [-0.1, -0.05) is 0 Å². The molecule has 0 aliphatic rings. The first kappa shape index (κ1) is 10.5. The van der Waals surface area contributed by atoms with Gasteiger partial charge in [0.1, 0.15) is 0 Å². The van der Waals surface area contributed by atoms with E-state index in [1.807, 2.05) is 18.5 Å². The highest BCUT2D eigenvalue weighted by Crippen LogP contribution is 2.21. The second kappa shape index (κ2) is 5.21. The van der Waals surface area contributed by atoms with Crippen LogP contribution in [0.3, 0.4) is 0 Å². The third-order valence-electron chi connectivity index (χ3n) is 1.67. The zero-order valence-electron chi connectivity index (χ0n) is 7.98. The molecule has 0 aliphatic carbocycles. The third-order valence-corrected chi connectivity index (χ3v) is 2.36. The molecule has 72 valence electrons. The van der Waals surface area contributed by atoms with Gasteiger partial charge in [0, 0.05) is 37.1 Å². The summed E-state index contributed by atoms with van der Waals surface area (Å²) in [5.74, 6) is 0. The van der Waals surface area contributed by atoms with E-state index in [4.69, 9.17) is 9.47 Å². The molecular formula is C9H13NO2S. The van der Waals surface area contributed by atoms with Gasteiger partial charge in [0.15, 0.2) is 6.29 Å². The normalized spacial score (nSPS) is 10.8. The third kappa shape index (κ3) is 2.69. The lowest BCUT2D eigenvalue weighted by molar-refractivity contribution is -0.106. The van der Waals surface area contributed by atoms with Crippen LogP contribution < -0.4 is 0 Å². The number of thioether (sulfide) groups is 1. The maximum atomic E-state index is 5.11. The predicted octanol–water partition coefficient (Wildman–Crippen LogP) is 2.09. The van der Waals surface area contributed by atoms with Gasteiger partial charge < -0.3 is 9.47 Å². The summed E-state index contributed by atoms with van der Waals surface area (Å²) >= 11 is 1.65. The van der Waals surface area contributed by atoms with E-state index in [1.54, 1.807) is 32.2 Å². The average Bonchev–Trinajstić information content (AvgIpc) is 2.20. The van der Waals surface area contributed by atoms with E-state index in [0.29, 0.717) is 0 Å². The Morgan fingerprint density at radius 3 is 2.54 bits per heavy atom. The molecule has 0 saturated heterocycles. The van der Waals surface area contributed by atoms with Gasteiger partial charge in [-0.15, -0.1) is 11.8 Å². The minimum Gasteiger partial charge on any atom is -0.352 e. The number of nitrogens with zero attached hydrogens (tertiary/aromatic N) is 1. The zero-order chi connectivity index (χ0) is 9.68. The standard InChI is InChI=1S/C9H13NO2S/c1-11-9(12-2)7-4-8(13-3)6-10-5-7/h4-6,9H,1-3H3. The molecule has 1 heterocycles. The van der Waals surface area contributed by atoms with Crippen molar-refractivity contribution in [2.45, 2.75) is 11.2 Å². The largest absolute Gasteiger partial charge is 0.352 e. The molecule has 0 unspecified atom stereocenters. The Labute approximate surface area is 82.5 Å². The van der Waals surface area contributed by atoms with Gasteiger partial charge in [-0.25, -0.2) is 0 Å². The highest BCUT2D eigenvalue weighted by atomic mass is 32.2. The van der Waals surface area contributed by atoms with Crippen LogP contribution in [0.2, 0.25) is 0 Å². The van der Waals surface area contributed by atoms with Crippen LogP contribution >= 0.6 is 11.8 Å². The Kier molecular flexibility index (Phi) is 4.21. The number of aromatic nitrogens is 1. The van der Waals surface area contributed by atoms with E-state index in [0.717, 1.165) is 10.5 Å². The Bertz CT molecular complexity index is 264. The second-order valence-corrected chi connectivity index (χ2v) is 3.34. The number of hydrogen-bond acceptors (Lipinski definition) is 4. The molecule has 3 nitrogen and oxygen atoms in total. The molecule has 0 N–H and O–H groups in total. The molecule has 0 bridgehead atoms. The molecule has 0 amide bonds. The van der Waals surface area contributed by atoms with Gasteiger partial charge in [0.2, 0.25) is 0 Å². The lowest BCUT2D eigenvalue weighted by Crippen LogP contribution is -2.03. The quantitative estimate of drug-likeness (QED) is 0.549. The van der Waals surface area contributed by atoms with Crippen molar-refractivity contribution < 1.29 is 9.47 Å². The van der Waals surface area contributed by atoms with Crippen molar-refractivity contribution in [3.63, 3.8) is 0 Å². The molecule has 1 aromatic heterocycles. The number of rotatable bonds is 4. The van der Waals surface area contributed by atoms with Gasteiger partial charge in [-0.05, 0) is 12.3 Å². The highest BCUT2D eigenvalue weighted by Gasteiger charge is 2.08. The molecule has 0 radical (unpaired) electrons. The molecule has 1 rings (SSSR count). The van der Waals surface area contributed by atoms with Gasteiger partial charge in [0.25, 0.3) is 0 Å². The molecule has 1 aromatic rings. The Balaban J connectivity index is 2.86. The molecular weight excluding hydrogens is 186 g/mol. The van der Waals surface area contributed by atoms with Crippen molar-refractivity contribution in [3.8, 4) is 0 Å². The van der Waals surface area contributed by atoms with Crippen LogP contribution in [0, 0.1) is 0 Å². The first-order chi connectivity index (χ1) is 6.31. The summed E-state index contributed by atoms with van der Waals surface area (Å²) in [6, 6.07) is 2.01. The molecule has 0 aliphatic heterocycles. The number of hydrogen-bond donors (Lipinski definition) is 0. The van der Waals surface area contributed by atoms with E-state index < -0.39 is 0 Å². The second-order valence-electron chi connectivity index (χ2n) is 2.46. The maximum Gasteiger partial charge on any atom is 0.184 e. The molecule has 0 aromatic carbocycles. The fourth-order valence-electron chi connectivity index (χ4n) is 1.04. The summed E-state index contributed by atoms with van der Waals surface area (Å²) in [5.41, 5.74) is 0.942. The van der Waals surface area contributed by atoms with Crippen LogP contribution in [0.5, 0.6) is 0 Å². The number of ether oxygens (including phenoxy) is 2. The van der Waals surface area contributed by atoms with E-state index in [2.05, 4.69) is 4.98 Å². The number of methoxy groups -OCH3 is 2. The van der Waals surface area contributed by atoms with Gasteiger partial charge in [-0.3, -0.25) is 4.98 Å². The summed E-state index contributed by atoms with van der Waals surface area (Å²) in [6.07, 6.45) is 5.25. The minimum atomic E-state index is -0.320. The van der Waals surface area contributed by atoms with Crippen molar-refractivity contribution in [3.05, 3.63) is 24.0 Å². The van der Waals surface area contributed by atoms with Gasteiger partial charge in [-0.2, -0.15) is 0 Å². The fourth-order valence-corrected chi connectivity index (χ4v) is 1.46. The lowest BCUT2D eigenvalue weighted by Gasteiger charge is -2.13. The Morgan fingerprint density at radius 2 is 2.00 bits per heavy atom. The highest BCUT2D eigenvalue weighted by molar-refractivity contribution is 7.98. The van der Waals surface area contributed by atoms with Crippen LogP contribution in [0.4, 0.5) is 0 Å². The SMILES string of the molecule is COC(OC)c1cncc(SC)c1. The van der Waals surface area contributed by atoms with Crippen LogP contribution in [-0.2, 0) is 9.47 Å². The smallest absolute Gasteiger partial charge is 0.184 e.